The van der Waals surface area contributed by atoms with E-state index in [9.17, 15) is 13.2 Å². The Bertz CT molecular complexity index is 559. The first kappa shape index (κ1) is 16.5. The fourth-order valence-electron chi connectivity index (χ4n) is 1.39. The first-order valence-corrected chi connectivity index (χ1v) is 5.71. The van der Waals surface area contributed by atoms with Crippen LogP contribution >= 0.6 is 24.0 Å². The Morgan fingerprint density at radius 2 is 1.75 bits per heavy atom. The van der Waals surface area contributed by atoms with Gasteiger partial charge in [0.25, 0.3) is 0 Å². The largest absolute Gasteiger partial charge is 0.451 e. The second-order valence-corrected chi connectivity index (χ2v) is 4.17. The van der Waals surface area contributed by atoms with E-state index in [0.29, 0.717) is 5.02 Å². The normalized spacial score (nSPS) is 10.8. The molecule has 0 saturated heterocycles. The number of hydrogen-bond donors (Lipinski definition) is 1. The van der Waals surface area contributed by atoms with E-state index in [1.807, 2.05) is 0 Å². The Balaban J connectivity index is 0.00000200. The number of nitrogens with one attached hydrogen (secondary N) is 1. The number of halogens is 5. The van der Waals surface area contributed by atoms with E-state index in [-0.39, 0.29) is 24.6 Å². The summed E-state index contributed by atoms with van der Waals surface area (Å²) < 4.78 is 37.2. The van der Waals surface area contributed by atoms with Crippen LogP contribution in [0.3, 0.4) is 0 Å². The second kappa shape index (κ2) is 6.76. The van der Waals surface area contributed by atoms with E-state index in [0.717, 1.165) is 11.9 Å². The third-order valence-corrected chi connectivity index (χ3v) is 2.54. The molecular formula is C12H10Cl2F3N3. The highest BCUT2D eigenvalue weighted by Crippen LogP contribution is 2.25. The fourth-order valence-corrected chi connectivity index (χ4v) is 1.52. The molecule has 108 valence electrons. The smallest absolute Gasteiger partial charge is 0.379 e. The molecule has 0 aliphatic rings. The van der Waals surface area contributed by atoms with Crippen molar-refractivity contribution in [1.29, 1.82) is 0 Å². The molecular weight excluding hydrogens is 314 g/mol. The predicted molar refractivity (Wildman–Crippen MR) is 73.1 cm³/mol. The van der Waals surface area contributed by atoms with Crippen molar-refractivity contribution in [3.8, 4) is 0 Å². The topological polar surface area (TPSA) is 37.8 Å². The molecule has 1 aromatic heterocycles. The minimum Gasteiger partial charge on any atom is -0.379 e. The van der Waals surface area contributed by atoms with Crippen molar-refractivity contribution in [3.63, 3.8) is 0 Å². The Hall–Kier alpha value is -1.53. The van der Waals surface area contributed by atoms with E-state index in [1.54, 1.807) is 24.3 Å². The molecule has 0 fully saturated rings. The maximum absolute atomic E-state index is 12.4. The Labute approximate surface area is 124 Å². The number of alkyl halides is 3. The Morgan fingerprint density at radius 1 is 1.10 bits per heavy atom. The van der Waals surface area contributed by atoms with Crippen LogP contribution in [0.1, 0.15) is 11.5 Å². The lowest BCUT2D eigenvalue weighted by Crippen LogP contribution is -2.13. The molecule has 8 heteroatoms. The number of benzene rings is 1. The van der Waals surface area contributed by atoms with Gasteiger partial charge in [-0.25, -0.2) is 9.97 Å². The minimum atomic E-state index is -4.53. The van der Waals surface area contributed by atoms with Gasteiger partial charge in [0, 0.05) is 16.9 Å². The number of aromatic nitrogens is 2. The molecule has 0 aliphatic heterocycles. The summed E-state index contributed by atoms with van der Waals surface area (Å²) in [6.45, 7) is 0.174. The minimum absolute atomic E-state index is 0. The Kier molecular flexibility index (Phi) is 5.59. The molecule has 2 rings (SSSR count). The zero-order chi connectivity index (χ0) is 13.9. The van der Waals surface area contributed by atoms with Gasteiger partial charge in [0.05, 0.1) is 12.2 Å². The molecule has 2 aromatic rings. The van der Waals surface area contributed by atoms with Crippen LogP contribution in [-0.2, 0) is 12.7 Å². The molecule has 0 spiro atoms. The van der Waals surface area contributed by atoms with E-state index < -0.39 is 12.0 Å². The third kappa shape index (κ3) is 4.54. The van der Waals surface area contributed by atoms with E-state index in [2.05, 4.69) is 15.3 Å². The average Bonchev–Trinajstić information content (AvgIpc) is 2.37. The van der Waals surface area contributed by atoms with Gasteiger partial charge in [-0.3, -0.25) is 0 Å². The second-order valence-electron chi connectivity index (χ2n) is 3.73. The van der Waals surface area contributed by atoms with Crippen molar-refractivity contribution in [3.05, 3.63) is 53.1 Å². The predicted octanol–water partition coefficient (Wildman–Crippen LogP) is 4.18. The van der Waals surface area contributed by atoms with Crippen LogP contribution in [0.25, 0.3) is 0 Å². The molecule has 1 N–H and O–H groups in total. The number of nitrogens with zero attached hydrogens (tertiary/aromatic N) is 2. The van der Waals surface area contributed by atoms with Gasteiger partial charge in [-0.1, -0.05) is 11.6 Å². The van der Waals surface area contributed by atoms with Crippen molar-refractivity contribution in [2.75, 3.05) is 5.32 Å². The van der Waals surface area contributed by atoms with Crippen molar-refractivity contribution in [2.45, 2.75) is 12.7 Å². The van der Waals surface area contributed by atoms with Gasteiger partial charge in [0.1, 0.15) is 0 Å². The molecule has 0 amide bonds. The average molecular weight is 324 g/mol. The van der Waals surface area contributed by atoms with Gasteiger partial charge in [-0.15, -0.1) is 12.4 Å². The molecule has 0 saturated carbocycles. The quantitative estimate of drug-likeness (QED) is 0.920. The summed E-state index contributed by atoms with van der Waals surface area (Å²) in [5.41, 5.74) is 1.01. The summed E-state index contributed by atoms with van der Waals surface area (Å²) in [6, 6.07) is 8.26. The van der Waals surface area contributed by atoms with Gasteiger partial charge < -0.3 is 5.32 Å². The Morgan fingerprint density at radius 3 is 2.35 bits per heavy atom. The van der Waals surface area contributed by atoms with Crippen LogP contribution in [0, 0.1) is 0 Å². The van der Waals surface area contributed by atoms with Crippen molar-refractivity contribution in [2.24, 2.45) is 0 Å². The maximum atomic E-state index is 12.4. The van der Waals surface area contributed by atoms with Gasteiger partial charge in [-0.2, -0.15) is 13.2 Å². The van der Waals surface area contributed by atoms with Crippen LogP contribution in [0.2, 0.25) is 5.02 Å². The van der Waals surface area contributed by atoms with Crippen LogP contribution < -0.4 is 5.32 Å². The monoisotopic (exact) mass is 323 g/mol. The molecule has 0 unspecified atom stereocenters. The summed E-state index contributed by atoms with van der Waals surface area (Å²) in [5.74, 6) is -1.14. The molecule has 0 aliphatic carbocycles. The highest BCUT2D eigenvalue weighted by atomic mass is 35.5. The van der Waals surface area contributed by atoms with E-state index in [1.165, 1.54) is 6.07 Å². The standard InChI is InChI=1S/C12H9ClF3N3.ClH/c13-8-1-3-9(4-2-8)18-7-10-5-6-17-11(19-10)12(14,15)16;/h1-6,18H,7H2;1H. The zero-order valence-corrected chi connectivity index (χ0v) is 11.6. The van der Waals surface area contributed by atoms with E-state index >= 15 is 0 Å². The van der Waals surface area contributed by atoms with Gasteiger partial charge in [0.15, 0.2) is 0 Å². The lowest BCUT2D eigenvalue weighted by Gasteiger charge is -2.08. The molecule has 3 nitrogen and oxygen atoms in total. The van der Waals surface area contributed by atoms with Gasteiger partial charge in [0.2, 0.25) is 5.82 Å². The lowest BCUT2D eigenvalue weighted by molar-refractivity contribution is -0.145. The van der Waals surface area contributed by atoms with Crippen LogP contribution in [0.5, 0.6) is 0 Å². The summed E-state index contributed by atoms with van der Waals surface area (Å²) in [7, 11) is 0. The van der Waals surface area contributed by atoms with Gasteiger partial charge in [-0.05, 0) is 30.3 Å². The number of rotatable bonds is 3. The maximum Gasteiger partial charge on any atom is 0.451 e. The number of hydrogen-bond acceptors (Lipinski definition) is 3. The summed E-state index contributed by atoms with van der Waals surface area (Å²) in [5, 5.41) is 3.54. The van der Waals surface area contributed by atoms with Crippen molar-refractivity contribution < 1.29 is 13.2 Å². The van der Waals surface area contributed by atoms with Crippen molar-refractivity contribution in [1.82, 2.24) is 9.97 Å². The lowest BCUT2D eigenvalue weighted by atomic mass is 10.3. The zero-order valence-electron chi connectivity index (χ0n) is 9.99. The molecule has 0 atom stereocenters. The molecule has 0 radical (unpaired) electrons. The third-order valence-electron chi connectivity index (χ3n) is 2.28. The molecule has 1 heterocycles. The molecule has 20 heavy (non-hydrogen) atoms. The van der Waals surface area contributed by atoms with Gasteiger partial charge >= 0.3 is 6.18 Å². The van der Waals surface area contributed by atoms with Crippen LogP contribution in [0.15, 0.2) is 36.5 Å². The highest BCUT2D eigenvalue weighted by molar-refractivity contribution is 6.30. The SMILES string of the molecule is Cl.FC(F)(F)c1nccc(CNc2ccc(Cl)cc2)n1. The number of anilines is 1. The van der Waals surface area contributed by atoms with E-state index in [4.69, 9.17) is 11.6 Å². The van der Waals surface area contributed by atoms with Crippen LogP contribution in [0.4, 0.5) is 18.9 Å². The van der Waals surface area contributed by atoms with Crippen LogP contribution in [-0.4, -0.2) is 9.97 Å². The summed E-state index contributed by atoms with van der Waals surface area (Å²) >= 11 is 5.73. The fraction of sp³-hybridized carbons (Fsp3) is 0.167. The first-order chi connectivity index (χ1) is 8.95. The van der Waals surface area contributed by atoms with Crippen molar-refractivity contribution >= 4 is 29.7 Å². The summed E-state index contributed by atoms with van der Waals surface area (Å²) in [4.78, 5) is 6.65. The molecule has 0 bridgehead atoms. The summed E-state index contributed by atoms with van der Waals surface area (Å²) in [6.07, 6.45) is -3.44. The molecule has 1 aromatic carbocycles. The highest BCUT2D eigenvalue weighted by Gasteiger charge is 2.34. The first-order valence-electron chi connectivity index (χ1n) is 5.34.